The second-order valence-electron chi connectivity index (χ2n) is 5.24. The van der Waals surface area contributed by atoms with Crippen LogP contribution in [-0.4, -0.2) is 9.04 Å². The molecule has 0 fully saturated rings. The van der Waals surface area contributed by atoms with E-state index in [9.17, 15) is 0 Å². The fourth-order valence-electron chi connectivity index (χ4n) is 2.65. The minimum absolute atomic E-state index is 1.10. The van der Waals surface area contributed by atoms with E-state index in [1.165, 1.54) is 35.4 Å². The van der Waals surface area contributed by atoms with Gasteiger partial charge in [-0.1, -0.05) is 60.7 Å². The summed E-state index contributed by atoms with van der Waals surface area (Å²) in [5.74, 6) is 1.21. The summed E-state index contributed by atoms with van der Waals surface area (Å²) >= 11 is 0. The molecule has 0 saturated carbocycles. The molecule has 0 amide bonds. The number of hydrogen-bond acceptors (Lipinski definition) is 1. The van der Waals surface area contributed by atoms with Gasteiger partial charge in [-0.25, -0.2) is 0 Å². The number of hydrogen-bond donors (Lipinski definition) is 0. The molecule has 2 heteroatoms. The summed E-state index contributed by atoms with van der Waals surface area (Å²) in [6.07, 6.45) is 7.12. The Morgan fingerprint density at radius 1 is 0.750 bits per heavy atom. The maximum atomic E-state index is 6.46. The van der Waals surface area contributed by atoms with Crippen LogP contribution in [0.15, 0.2) is 72.5 Å². The highest BCUT2D eigenvalue weighted by molar-refractivity contribution is 6.80. The first kappa shape index (κ1) is 13.2. The Hall–Kier alpha value is -1.80. The van der Waals surface area contributed by atoms with Crippen LogP contribution in [0, 0.1) is 0 Å². The number of rotatable bonds is 4. The van der Waals surface area contributed by atoms with E-state index in [1.54, 1.807) is 0 Å². The molecule has 1 aliphatic carbocycles. The highest BCUT2D eigenvalue weighted by atomic mass is 28.3. The lowest BCUT2D eigenvalue weighted by Gasteiger charge is -2.22. The second kappa shape index (κ2) is 6.57. The smallest absolute Gasteiger partial charge is 0.298 e. The maximum Gasteiger partial charge on any atom is 0.298 e. The molecule has 0 aromatic heterocycles. The average Bonchev–Trinajstić information content (AvgIpc) is 2.55. The lowest BCUT2D eigenvalue weighted by atomic mass is 10.1. The van der Waals surface area contributed by atoms with Crippen LogP contribution in [0.5, 0.6) is 0 Å². The van der Waals surface area contributed by atoms with Gasteiger partial charge in [0, 0.05) is 6.42 Å². The minimum atomic E-state index is -1.59. The highest BCUT2D eigenvalue weighted by Gasteiger charge is 2.20. The third-order valence-corrected chi connectivity index (χ3v) is 6.24. The van der Waals surface area contributed by atoms with Gasteiger partial charge in [0.2, 0.25) is 0 Å². The zero-order valence-corrected chi connectivity index (χ0v) is 12.8. The lowest BCUT2D eigenvalue weighted by Crippen LogP contribution is -2.44. The van der Waals surface area contributed by atoms with Crippen molar-refractivity contribution in [1.29, 1.82) is 0 Å². The summed E-state index contributed by atoms with van der Waals surface area (Å²) < 4.78 is 6.46. The fraction of sp³-hybridized carbons (Fsp3) is 0.222. The van der Waals surface area contributed by atoms with Crippen molar-refractivity contribution < 1.29 is 4.43 Å². The zero-order chi connectivity index (χ0) is 13.6. The van der Waals surface area contributed by atoms with Gasteiger partial charge in [-0.05, 0) is 35.7 Å². The first-order valence-electron chi connectivity index (χ1n) is 7.39. The van der Waals surface area contributed by atoms with Crippen LogP contribution in [0.4, 0.5) is 0 Å². The molecule has 1 nitrogen and oxygen atoms in total. The zero-order valence-electron chi connectivity index (χ0n) is 11.7. The van der Waals surface area contributed by atoms with E-state index in [2.05, 4.69) is 66.7 Å². The van der Waals surface area contributed by atoms with Crippen molar-refractivity contribution in [3.05, 3.63) is 72.5 Å². The second-order valence-corrected chi connectivity index (χ2v) is 7.56. The van der Waals surface area contributed by atoms with Gasteiger partial charge in [-0.2, -0.15) is 0 Å². The Morgan fingerprint density at radius 3 is 1.85 bits per heavy atom. The number of allylic oxidation sites excluding steroid dienone is 2. The van der Waals surface area contributed by atoms with Gasteiger partial charge in [0.1, 0.15) is 0 Å². The average molecular weight is 280 g/mol. The number of benzene rings is 2. The summed E-state index contributed by atoms with van der Waals surface area (Å²) in [4.78, 5) is 0. The lowest BCUT2D eigenvalue weighted by molar-refractivity contribution is 0.401. The molecule has 20 heavy (non-hydrogen) atoms. The summed E-state index contributed by atoms with van der Waals surface area (Å²) in [6, 6.07) is 21.4. The van der Waals surface area contributed by atoms with Crippen LogP contribution < -0.4 is 10.4 Å². The van der Waals surface area contributed by atoms with Crippen LogP contribution in [-0.2, 0) is 4.43 Å². The molecule has 2 aromatic carbocycles. The minimum Gasteiger partial charge on any atom is -0.541 e. The highest BCUT2D eigenvalue weighted by Crippen LogP contribution is 2.18. The molecule has 0 saturated heterocycles. The van der Waals surface area contributed by atoms with Gasteiger partial charge in [-0.3, -0.25) is 0 Å². The molecule has 0 heterocycles. The third-order valence-electron chi connectivity index (χ3n) is 3.72. The molecule has 0 aliphatic heterocycles. The first-order valence-corrected chi connectivity index (χ1v) is 9.02. The predicted molar refractivity (Wildman–Crippen MR) is 86.9 cm³/mol. The van der Waals surface area contributed by atoms with Crippen molar-refractivity contribution in [2.24, 2.45) is 0 Å². The van der Waals surface area contributed by atoms with Crippen molar-refractivity contribution in [3.8, 4) is 0 Å². The Balaban J connectivity index is 1.89. The Labute approximate surface area is 122 Å². The van der Waals surface area contributed by atoms with Crippen molar-refractivity contribution in [2.75, 3.05) is 0 Å². The van der Waals surface area contributed by atoms with E-state index in [-0.39, 0.29) is 0 Å². The van der Waals surface area contributed by atoms with Gasteiger partial charge in [0.15, 0.2) is 0 Å². The maximum absolute atomic E-state index is 6.46. The van der Waals surface area contributed by atoms with Crippen LogP contribution in [0.1, 0.15) is 25.7 Å². The van der Waals surface area contributed by atoms with Crippen molar-refractivity contribution in [3.63, 3.8) is 0 Å². The molecule has 0 bridgehead atoms. The first-order chi connectivity index (χ1) is 9.93. The predicted octanol–water partition coefficient (Wildman–Crippen LogP) is 3.00. The molecule has 0 N–H and O–H groups in total. The van der Waals surface area contributed by atoms with E-state index in [1.807, 2.05) is 0 Å². The van der Waals surface area contributed by atoms with Gasteiger partial charge >= 0.3 is 0 Å². The van der Waals surface area contributed by atoms with Crippen LogP contribution in [0.3, 0.4) is 0 Å². The van der Waals surface area contributed by atoms with Gasteiger partial charge < -0.3 is 4.43 Å². The molecular weight excluding hydrogens is 260 g/mol. The summed E-state index contributed by atoms with van der Waals surface area (Å²) in [7, 11) is -1.59. The molecule has 1 aliphatic rings. The molecule has 0 spiro atoms. The molecule has 0 unspecified atom stereocenters. The van der Waals surface area contributed by atoms with Gasteiger partial charge in [0.05, 0.1) is 5.76 Å². The summed E-state index contributed by atoms with van der Waals surface area (Å²) in [5.41, 5.74) is 0. The quantitative estimate of drug-likeness (QED) is 0.782. The summed E-state index contributed by atoms with van der Waals surface area (Å²) in [5, 5.41) is 2.70. The summed E-state index contributed by atoms with van der Waals surface area (Å²) in [6.45, 7) is 0. The molecule has 0 atom stereocenters. The topological polar surface area (TPSA) is 9.23 Å². The molecule has 2 aromatic rings. The molecule has 3 rings (SSSR count). The van der Waals surface area contributed by atoms with Crippen LogP contribution in [0.25, 0.3) is 0 Å². The van der Waals surface area contributed by atoms with Crippen LogP contribution in [0.2, 0.25) is 0 Å². The van der Waals surface area contributed by atoms with Gasteiger partial charge in [-0.15, -0.1) is 0 Å². The SMILES string of the molecule is C1=C(O[SiH](c2ccccc2)c2ccccc2)CCCC1. The molecule has 0 radical (unpaired) electrons. The van der Waals surface area contributed by atoms with Crippen LogP contribution >= 0.6 is 0 Å². The molecular formula is C18H20OSi. The van der Waals surface area contributed by atoms with E-state index in [0.717, 1.165) is 6.42 Å². The van der Waals surface area contributed by atoms with E-state index < -0.39 is 9.04 Å². The van der Waals surface area contributed by atoms with E-state index >= 15 is 0 Å². The monoisotopic (exact) mass is 280 g/mol. The van der Waals surface area contributed by atoms with Crippen molar-refractivity contribution in [2.45, 2.75) is 25.7 Å². The van der Waals surface area contributed by atoms with E-state index in [4.69, 9.17) is 4.43 Å². The van der Waals surface area contributed by atoms with Crippen molar-refractivity contribution in [1.82, 2.24) is 0 Å². The standard InChI is InChI=1S/C18H20OSi/c1-4-10-16(11-5-1)19-20(17-12-6-2-7-13-17)18-14-8-3-9-15-18/h2-3,6-10,12-15,20H,1,4-5,11H2. The molecule has 102 valence electrons. The Kier molecular flexibility index (Phi) is 4.34. The third kappa shape index (κ3) is 3.20. The van der Waals surface area contributed by atoms with Crippen molar-refractivity contribution >= 4 is 19.4 Å². The Morgan fingerprint density at radius 2 is 1.35 bits per heavy atom. The van der Waals surface area contributed by atoms with E-state index in [0.29, 0.717) is 0 Å². The van der Waals surface area contributed by atoms with Gasteiger partial charge in [0.25, 0.3) is 9.04 Å². The normalized spacial score (nSPS) is 14.9. The fourth-order valence-corrected chi connectivity index (χ4v) is 4.97. The Bertz CT molecular complexity index is 523. The largest absolute Gasteiger partial charge is 0.541 e.